The third-order valence-electron chi connectivity index (χ3n) is 2.78. The molecule has 1 unspecified atom stereocenters. The van der Waals surface area contributed by atoms with E-state index in [0.717, 1.165) is 24.4 Å². The number of aryl methyl sites for hydroxylation is 1. The van der Waals surface area contributed by atoms with Crippen molar-refractivity contribution in [2.45, 2.75) is 38.8 Å². The molecular formula is C12H17N3O2. The molecule has 5 heteroatoms. The largest absolute Gasteiger partial charge is 0.472 e. The van der Waals surface area contributed by atoms with Gasteiger partial charge in [0.25, 0.3) is 0 Å². The Balaban J connectivity index is 2.17. The van der Waals surface area contributed by atoms with E-state index in [9.17, 15) is 5.11 Å². The third kappa shape index (κ3) is 2.55. The van der Waals surface area contributed by atoms with Gasteiger partial charge in [0.05, 0.1) is 18.1 Å². The number of aliphatic hydroxyl groups is 1. The van der Waals surface area contributed by atoms with Crippen LogP contribution in [-0.2, 0) is 18.6 Å². The Morgan fingerprint density at radius 3 is 3.00 bits per heavy atom. The van der Waals surface area contributed by atoms with Crippen molar-refractivity contribution in [2.24, 2.45) is 0 Å². The van der Waals surface area contributed by atoms with Gasteiger partial charge in [0.1, 0.15) is 12.2 Å². The monoisotopic (exact) mass is 235 g/mol. The van der Waals surface area contributed by atoms with Crippen LogP contribution in [0.25, 0.3) is 0 Å². The van der Waals surface area contributed by atoms with E-state index in [4.69, 9.17) is 4.42 Å². The van der Waals surface area contributed by atoms with E-state index < -0.39 is 5.60 Å². The second-order valence-corrected chi connectivity index (χ2v) is 4.36. The minimum atomic E-state index is -0.981. The molecule has 0 aliphatic rings. The molecule has 2 aromatic rings. The third-order valence-corrected chi connectivity index (χ3v) is 2.78. The first-order chi connectivity index (χ1) is 8.13. The lowest BCUT2D eigenvalue weighted by atomic mass is 9.95. The molecule has 0 saturated heterocycles. The summed E-state index contributed by atoms with van der Waals surface area (Å²) in [4.78, 5) is 4.19. The van der Waals surface area contributed by atoms with Crippen molar-refractivity contribution in [3.63, 3.8) is 0 Å². The summed E-state index contributed by atoms with van der Waals surface area (Å²) in [6.07, 6.45) is 6.05. The SMILES string of the molecule is CCCn1ncnc1CC(C)(O)c1ccoc1. The molecule has 1 atom stereocenters. The molecule has 0 radical (unpaired) electrons. The highest BCUT2D eigenvalue weighted by Crippen LogP contribution is 2.24. The average Bonchev–Trinajstić information content (AvgIpc) is 2.90. The minimum absolute atomic E-state index is 0.423. The first-order valence-electron chi connectivity index (χ1n) is 5.75. The van der Waals surface area contributed by atoms with Crippen LogP contribution in [0.2, 0.25) is 0 Å². The maximum absolute atomic E-state index is 10.4. The van der Waals surface area contributed by atoms with Gasteiger partial charge in [0, 0.05) is 18.5 Å². The molecule has 0 bridgehead atoms. The number of rotatable bonds is 5. The van der Waals surface area contributed by atoms with Crippen LogP contribution in [0.5, 0.6) is 0 Å². The molecular weight excluding hydrogens is 218 g/mol. The van der Waals surface area contributed by atoms with Crippen molar-refractivity contribution < 1.29 is 9.52 Å². The van der Waals surface area contributed by atoms with Gasteiger partial charge in [-0.05, 0) is 19.4 Å². The van der Waals surface area contributed by atoms with Crippen molar-refractivity contribution in [3.05, 3.63) is 36.3 Å². The highest BCUT2D eigenvalue weighted by atomic mass is 16.3. The zero-order valence-corrected chi connectivity index (χ0v) is 10.1. The summed E-state index contributed by atoms with van der Waals surface area (Å²) in [6.45, 7) is 4.65. The van der Waals surface area contributed by atoms with E-state index in [0.29, 0.717) is 6.42 Å². The predicted octanol–water partition coefficient (Wildman–Crippen LogP) is 1.73. The molecule has 1 N–H and O–H groups in total. The lowest BCUT2D eigenvalue weighted by molar-refractivity contribution is 0.0536. The number of hydrogen-bond acceptors (Lipinski definition) is 4. The molecule has 0 spiro atoms. The van der Waals surface area contributed by atoms with E-state index in [1.807, 2.05) is 4.68 Å². The van der Waals surface area contributed by atoms with Crippen LogP contribution >= 0.6 is 0 Å². The Morgan fingerprint density at radius 1 is 1.53 bits per heavy atom. The van der Waals surface area contributed by atoms with Crippen LogP contribution in [-0.4, -0.2) is 19.9 Å². The Morgan fingerprint density at radius 2 is 2.35 bits per heavy atom. The van der Waals surface area contributed by atoms with Crippen molar-refractivity contribution in [2.75, 3.05) is 0 Å². The van der Waals surface area contributed by atoms with Gasteiger partial charge in [-0.15, -0.1) is 0 Å². The van der Waals surface area contributed by atoms with Crippen molar-refractivity contribution in [1.82, 2.24) is 14.8 Å². The molecule has 0 aliphatic carbocycles. The van der Waals surface area contributed by atoms with Gasteiger partial charge in [0.15, 0.2) is 0 Å². The molecule has 2 rings (SSSR count). The zero-order valence-electron chi connectivity index (χ0n) is 10.1. The fourth-order valence-electron chi connectivity index (χ4n) is 1.80. The number of aromatic nitrogens is 3. The summed E-state index contributed by atoms with van der Waals surface area (Å²) in [5.74, 6) is 0.790. The van der Waals surface area contributed by atoms with Crippen LogP contribution in [0.1, 0.15) is 31.7 Å². The topological polar surface area (TPSA) is 64.1 Å². The number of hydrogen-bond donors (Lipinski definition) is 1. The smallest absolute Gasteiger partial charge is 0.138 e. The summed E-state index contributed by atoms with van der Waals surface area (Å²) in [6, 6.07) is 1.76. The average molecular weight is 235 g/mol. The van der Waals surface area contributed by atoms with Crippen LogP contribution in [0.4, 0.5) is 0 Å². The van der Waals surface area contributed by atoms with E-state index in [1.165, 1.54) is 6.33 Å². The molecule has 0 aromatic carbocycles. The van der Waals surface area contributed by atoms with E-state index in [-0.39, 0.29) is 0 Å². The standard InChI is InChI=1S/C12H17N3O2/c1-3-5-15-11(13-9-14-15)7-12(2,16)10-4-6-17-8-10/h4,6,8-9,16H,3,5,7H2,1-2H3. The molecule has 5 nitrogen and oxygen atoms in total. The minimum Gasteiger partial charge on any atom is -0.472 e. The first kappa shape index (κ1) is 11.9. The lowest BCUT2D eigenvalue weighted by Crippen LogP contribution is -2.26. The van der Waals surface area contributed by atoms with Crippen molar-refractivity contribution in [3.8, 4) is 0 Å². The maximum atomic E-state index is 10.4. The Hall–Kier alpha value is -1.62. The van der Waals surface area contributed by atoms with Crippen LogP contribution in [0.15, 0.2) is 29.3 Å². The van der Waals surface area contributed by atoms with Crippen LogP contribution < -0.4 is 0 Å². The molecule has 17 heavy (non-hydrogen) atoms. The van der Waals surface area contributed by atoms with Gasteiger partial charge in [0.2, 0.25) is 0 Å². The highest BCUT2D eigenvalue weighted by Gasteiger charge is 2.27. The summed E-state index contributed by atoms with van der Waals surface area (Å²) in [5, 5.41) is 14.5. The second-order valence-electron chi connectivity index (χ2n) is 4.36. The van der Waals surface area contributed by atoms with Gasteiger partial charge in [-0.3, -0.25) is 0 Å². The molecule has 92 valence electrons. The molecule has 0 aliphatic heterocycles. The normalized spacial score (nSPS) is 14.8. The molecule has 0 saturated carbocycles. The number of nitrogens with zero attached hydrogens (tertiary/aromatic N) is 3. The van der Waals surface area contributed by atoms with Crippen LogP contribution in [0, 0.1) is 0 Å². The fraction of sp³-hybridized carbons (Fsp3) is 0.500. The lowest BCUT2D eigenvalue weighted by Gasteiger charge is -2.21. The predicted molar refractivity (Wildman–Crippen MR) is 62.3 cm³/mol. The van der Waals surface area contributed by atoms with E-state index >= 15 is 0 Å². The highest BCUT2D eigenvalue weighted by molar-refractivity contribution is 5.17. The van der Waals surface area contributed by atoms with Gasteiger partial charge in [-0.1, -0.05) is 6.92 Å². The number of furan rings is 1. The molecule has 2 heterocycles. The van der Waals surface area contributed by atoms with Crippen molar-refractivity contribution in [1.29, 1.82) is 0 Å². The Kier molecular flexibility index (Phi) is 3.28. The van der Waals surface area contributed by atoms with Gasteiger partial charge in [-0.25, -0.2) is 9.67 Å². The molecule has 0 amide bonds. The summed E-state index contributed by atoms with van der Waals surface area (Å²) in [5.41, 5.74) is -0.227. The Labute approximate surface area is 100 Å². The van der Waals surface area contributed by atoms with Crippen LogP contribution in [0.3, 0.4) is 0 Å². The summed E-state index contributed by atoms with van der Waals surface area (Å²) >= 11 is 0. The van der Waals surface area contributed by atoms with E-state index in [1.54, 1.807) is 25.5 Å². The first-order valence-corrected chi connectivity index (χ1v) is 5.75. The molecule has 2 aromatic heterocycles. The van der Waals surface area contributed by atoms with E-state index in [2.05, 4.69) is 17.0 Å². The van der Waals surface area contributed by atoms with Gasteiger partial charge >= 0.3 is 0 Å². The fourth-order valence-corrected chi connectivity index (χ4v) is 1.80. The quantitative estimate of drug-likeness (QED) is 0.857. The zero-order chi connectivity index (χ0) is 12.3. The summed E-state index contributed by atoms with van der Waals surface area (Å²) < 4.78 is 6.82. The van der Waals surface area contributed by atoms with Crippen molar-refractivity contribution >= 4 is 0 Å². The molecule has 0 fully saturated rings. The summed E-state index contributed by atoms with van der Waals surface area (Å²) in [7, 11) is 0. The maximum Gasteiger partial charge on any atom is 0.138 e. The second kappa shape index (κ2) is 4.71. The van der Waals surface area contributed by atoms with Gasteiger partial charge < -0.3 is 9.52 Å². The Bertz CT molecular complexity index is 460. The van der Waals surface area contributed by atoms with Gasteiger partial charge in [-0.2, -0.15) is 5.10 Å².